The van der Waals surface area contributed by atoms with Crippen LogP contribution in [-0.2, 0) is 6.54 Å². The van der Waals surface area contributed by atoms with Crippen LogP contribution in [0.1, 0.15) is 30.5 Å². The van der Waals surface area contributed by atoms with E-state index in [1.807, 2.05) is 25.1 Å². The molecule has 0 aliphatic heterocycles. The first-order valence-corrected chi connectivity index (χ1v) is 6.71. The third-order valence-corrected chi connectivity index (χ3v) is 3.33. The summed E-state index contributed by atoms with van der Waals surface area (Å²) in [4.78, 5) is 12.3. The highest BCUT2D eigenvalue weighted by Crippen LogP contribution is 2.19. The van der Waals surface area contributed by atoms with Crippen molar-refractivity contribution in [1.82, 2.24) is 4.57 Å². The van der Waals surface area contributed by atoms with Gasteiger partial charge in [-0.2, -0.15) is 0 Å². The molecule has 0 saturated carbocycles. The third-order valence-electron chi connectivity index (χ3n) is 3.08. The summed E-state index contributed by atoms with van der Waals surface area (Å²) in [6.07, 6.45) is 2.71. The Bertz CT molecular complexity index is 604. The van der Waals surface area contributed by atoms with Gasteiger partial charge in [0.15, 0.2) is 0 Å². The molecule has 1 unspecified atom stereocenters. The molecule has 3 nitrogen and oxygen atoms in total. The van der Waals surface area contributed by atoms with E-state index in [-0.39, 0.29) is 5.56 Å². The Kier molecular flexibility index (Phi) is 4.40. The largest absolute Gasteiger partial charge is 0.320 e. The van der Waals surface area contributed by atoms with Crippen molar-refractivity contribution in [2.45, 2.75) is 25.9 Å². The normalized spacial score (nSPS) is 12.4. The van der Waals surface area contributed by atoms with Crippen LogP contribution in [0.4, 0.5) is 0 Å². The number of rotatable bonds is 4. The molecule has 1 atom stereocenters. The second-order valence-electron chi connectivity index (χ2n) is 4.49. The van der Waals surface area contributed by atoms with Crippen molar-refractivity contribution < 1.29 is 0 Å². The van der Waals surface area contributed by atoms with E-state index in [0.29, 0.717) is 17.1 Å². The Labute approximate surface area is 117 Å². The van der Waals surface area contributed by atoms with Crippen LogP contribution < -0.4 is 11.3 Å². The second-order valence-corrected chi connectivity index (χ2v) is 4.93. The third kappa shape index (κ3) is 3.06. The second kappa shape index (κ2) is 6.04. The minimum Gasteiger partial charge on any atom is -0.320 e. The van der Waals surface area contributed by atoms with Gasteiger partial charge in [0, 0.05) is 23.3 Å². The van der Waals surface area contributed by atoms with Gasteiger partial charge < -0.3 is 10.3 Å². The van der Waals surface area contributed by atoms with Gasteiger partial charge in [0.25, 0.3) is 5.56 Å². The molecule has 19 heavy (non-hydrogen) atoms. The molecule has 4 heteroatoms. The standard InChI is InChI=1S/C15H17ClN2O/c1-2-9-18-10-3-4-13(15(18)19)14(17)11-5-7-12(16)8-6-11/h3-8,10,14H,2,9,17H2,1H3. The van der Waals surface area contributed by atoms with Crippen molar-refractivity contribution in [1.29, 1.82) is 0 Å². The molecule has 2 aromatic rings. The topological polar surface area (TPSA) is 48.0 Å². The van der Waals surface area contributed by atoms with E-state index < -0.39 is 6.04 Å². The Hall–Kier alpha value is -1.58. The molecule has 1 aromatic heterocycles. The van der Waals surface area contributed by atoms with Crippen LogP contribution in [0.3, 0.4) is 0 Å². The van der Waals surface area contributed by atoms with Crippen LogP contribution in [0, 0.1) is 0 Å². The Morgan fingerprint density at radius 1 is 1.26 bits per heavy atom. The van der Waals surface area contributed by atoms with Crippen molar-refractivity contribution in [3.8, 4) is 0 Å². The van der Waals surface area contributed by atoms with Crippen molar-refractivity contribution in [2.24, 2.45) is 5.73 Å². The van der Waals surface area contributed by atoms with Crippen LogP contribution in [-0.4, -0.2) is 4.57 Å². The van der Waals surface area contributed by atoms with Gasteiger partial charge in [0.1, 0.15) is 0 Å². The summed E-state index contributed by atoms with van der Waals surface area (Å²) in [5, 5.41) is 0.660. The summed E-state index contributed by atoms with van der Waals surface area (Å²) < 4.78 is 1.70. The van der Waals surface area contributed by atoms with Gasteiger partial charge in [-0.15, -0.1) is 0 Å². The molecule has 1 aromatic carbocycles. The first-order valence-electron chi connectivity index (χ1n) is 6.34. The van der Waals surface area contributed by atoms with Crippen molar-refractivity contribution >= 4 is 11.6 Å². The lowest BCUT2D eigenvalue weighted by molar-refractivity contribution is 0.641. The van der Waals surface area contributed by atoms with Crippen LogP contribution >= 0.6 is 11.6 Å². The minimum atomic E-state index is -0.422. The number of nitrogens with zero attached hydrogens (tertiary/aromatic N) is 1. The van der Waals surface area contributed by atoms with Gasteiger partial charge in [-0.05, 0) is 30.2 Å². The van der Waals surface area contributed by atoms with Gasteiger partial charge in [-0.25, -0.2) is 0 Å². The molecular weight excluding hydrogens is 260 g/mol. The van der Waals surface area contributed by atoms with Crippen molar-refractivity contribution in [3.05, 3.63) is 69.1 Å². The molecule has 100 valence electrons. The molecule has 0 aliphatic rings. The molecular formula is C15H17ClN2O. The fraction of sp³-hybridized carbons (Fsp3) is 0.267. The van der Waals surface area contributed by atoms with E-state index in [1.54, 1.807) is 29.0 Å². The summed E-state index contributed by atoms with van der Waals surface area (Å²) >= 11 is 5.85. The average molecular weight is 277 g/mol. The number of aryl methyl sites for hydroxylation is 1. The van der Waals surface area contributed by atoms with Gasteiger partial charge in [-0.1, -0.05) is 36.7 Å². The summed E-state index contributed by atoms with van der Waals surface area (Å²) in [7, 11) is 0. The highest BCUT2D eigenvalue weighted by molar-refractivity contribution is 6.30. The summed E-state index contributed by atoms with van der Waals surface area (Å²) in [6.45, 7) is 2.75. The number of hydrogen-bond donors (Lipinski definition) is 1. The minimum absolute atomic E-state index is 0.0215. The van der Waals surface area contributed by atoms with E-state index in [4.69, 9.17) is 17.3 Å². The van der Waals surface area contributed by atoms with Crippen LogP contribution in [0.2, 0.25) is 5.02 Å². The number of pyridine rings is 1. The average Bonchev–Trinajstić information content (AvgIpc) is 2.41. The molecule has 0 saturated heterocycles. The van der Waals surface area contributed by atoms with E-state index in [1.165, 1.54) is 0 Å². The maximum Gasteiger partial charge on any atom is 0.255 e. The van der Waals surface area contributed by atoms with Gasteiger partial charge in [-0.3, -0.25) is 4.79 Å². The number of aromatic nitrogens is 1. The van der Waals surface area contributed by atoms with Gasteiger partial charge in [0.05, 0.1) is 6.04 Å². The fourth-order valence-corrected chi connectivity index (χ4v) is 2.18. The highest BCUT2D eigenvalue weighted by atomic mass is 35.5. The molecule has 0 amide bonds. The Morgan fingerprint density at radius 3 is 2.58 bits per heavy atom. The fourth-order valence-electron chi connectivity index (χ4n) is 2.06. The zero-order valence-electron chi connectivity index (χ0n) is 10.8. The van der Waals surface area contributed by atoms with E-state index in [9.17, 15) is 4.79 Å². The maximum atomic E-state index is 12.3. The Balaban J connectivity index is 2.38. The van der Waals surface area contributed by atoms with Crippen molar-refractivity contribution in [3.63, 3.8) is 0 Å². The Morgan fingerprint density at radius 2 is 1.95 bits per heavy atom. The van der Waals surface area contributed by atoms with Crippen LogP contribution in [0.5, 0.6) is 0 Å². The maximum absolute atomic E-state index is 12.3. The molecule has 0 radical (unpaired) electrons. The molecule has 2 rings (SSSR count). The van der Waals surface area contributed by atoms with Crippen LogP contribution in [0.15, 0.2) is 47.4 Å². The van der Waals surface area contributed by atoms with E-state index >= 15 is 0 Å². The molecule has 2 N–H and O–H groups in total. The van der Waals surface area contributed by atoms with Crippen LogP contribution in [0.25, 0.3) is 0 Å². The molecule has 0 fully saturated rings. The smallest absolute Gasteiger partial charge is 0.255 e. The molecule has 0 bridgehead atoms. The summed E-state index contributed by atoms with van der Waals surface area (Å²) in [5.41, 5.74) is 7.65. The first kappa shape index (κ1) is 13.8. The highest BCUT2D eigenvalue weighted by Gasteiger charge is 2.13. The van der Waals surface area contributed by atoms with E-state index in [2.05, 4.69) is 0 Å². The summed E-state index contributed by atoms with van der Waals surface area (Å²) in [6, 6.07) is 10.5. The predicted octanol–water partition coefficient (Wildman–Crippen LogP) is 2.96. The lowest BCUT2D eigenvalue weighted by Gasteiger charge is -2.14. The number of nitrogens with two attached hydrogens (primary N) is 1. The first-order chi connectivity index (χ1) is 9.13. The van der Waals surface area contributed by atoms with Gasteiger partial charge >= 0.3 is 0 Å². The monoisotopic (exact) mass is 276 g/mol. The number of halogens is 1. The predicted molar refractivity (Wildman–Crippen MR) is 78.5 cm³/mol. The van der Waals surface area contributed by atoms with Gasteiger partial charge in [0.2, 0.25) is 0 Å². The molecule has 1 heterocycles. The summed E-state index contributed by atoms with van der Waals surface area (Å²) in [5.74, 6) is 0. The number of benzene rings is 1. The lowest BCUT2D eigenvalue weighted by atomic mass is 10.0. The van der Waals surface area contributed by atoms with E-state index in [0.717, 1.165) is 12.0 Å². The SMILES string of the molecule is CCCn1cccc(C(N)c2ccc(Cl)cc2)c1=O. The number of hydrogen-bond acceptors (Lipinski definition) is 2. The molecule has 0 spiro atoms. The lowest BCUT2D eigenvalue weighted by Crippen LogP contribution is -2.28. The quantitative estimate of drug-likeness (QED) is 0.933. The van der Waals surface area contributed by atoms with Crippen molar-refractivity contribution in [2.75, 3.05) is 0 Å². The zero-order valence-corrected chi connectivity index (χ0v) is 11.6. The molecule has 0 aliphatic carbocycles. The zero-order chi connectivity index (χ0) is 13.8.